The number of fused-ring (bicyclic) bond motifs is 1. The van der Waals surface area contributed by atoms with Crippen molar-refractivity contribution in [3.8, 4) is 5.75 Å². The maximum absolute atomic E-state index is 12.5. The Morgan fingerprint density at radius 2 is 2.05 bits per heavy atom. The van der Waals surface area contributed by atoms with Crippen LogP contribution < -0.4 is 4.74 Å². The third kappa shape index (κ3) is 2.35. The second kappa shape index (κ2) is 5.15. The average Bonchev–Trinajstić information content (AvgIpc) is 2.82. The molecule has 20 heavy (non-hydrogen) atoms. The molecule has 108 valence electrons. The molecule has 0 bridgehead atoms. The van der Waals surface area contributed by atoms with Crippen LogP contribution in [0, 0.1) is 0 Å². The first-order chi connectivity index (χ1) is 9.37. The number of hydrogen-bond donors (Lipinski definition) is 1. The van der Waals surface area contributed by atoms with Gasteiger partial charge in [0.15, 0.2) is 6.10 Å². The third-order valence-corrected chi connectivity index (χ3v) is 3.70. The molecule has 1 amide bonds. The number of nitrogens with zero attached hydrogens (tertiary/aromatic N) is 1. The zero-order valence-electron chi connectivity index (χ0n) is 11.9. The Kier molecular flexibility index (Phi) is 3.70. The maximum atomic E-state index is 12.5. The van der Waals surface area contributed by atoms with Crippen molar-refractivity contribution in [2.24, 2.45) is 0 Å². The summed E-state index contributed by atoms with van der Waals surface area (Å²) in [5.41, 5.74) is -0.265. The standard InChI is InChI=1S/C15H19NO4/c1-4-16(15(2,3)14(18)19)13(17)12-9-10-7-5-6-8-11(10)20-12/h5-8,12H,4,9H2,1-3H3,(H,18,19). The van der Waals surface area contributed by atoms with Gasteiger partial charge in [0.05, 0.1) is 0 Å². The molecule has 1 aliphatic rings. The number of ether oxygens (including phenoxy) is 1. The maximum Gasteiger partial charge on any atom is 0.329 e. The van der Waals surface area contributed by atoms with Gasteiger partial charge < -0.3 is 14.7 Å². The van der Waals surface area contributed by atoms with Crippen LogP contribution in [0.3, 0.4) is 0 Å². The smallest absolute Gasteiger partial charge is 0.329 e. The molecule has 0 aromatic heterocycles. The van der Waals surface area contributed by atoms with Crippen LogP contribution in [0.2, 0.25) is 0 Å². The van der Waals surface area contributed by atoms with Crippen LogP contribution in [0.1, 0.15) is 26.3 Å². The van der Waals surface area contributed by atoms with Gasteiger partial charge in [-0.05, 0) is 32.4 Å². The molecule has 2 rings (SSSR count). The molecule has 1 aromatic carbocycles. The molecular weight excluding hydrogens is 258 g/mol. The molecular formula is C15H19NO4. The lowest BCUT2D eigenvalue weighted by Gasteiger charge is -2.35. The number of carboxylic acids is 1. The SMILES string of the molecule is CCN(C(=O)C1Cc2ccccc2O1)C(C)(C)C(=O)O. The van der Waals surface area contributed by atoms with E-state index >= 15 is 0 Å². The summed E-state index contributed by atoms with van der Waals surface area (Å²) in [6, 6.07) is 7.49. The fourth-order valence-electron chi connectivity index (χ4n) is 2.44. The van der Waals surface area contributed by atoms with Crippen LogP contribution in [0.5, 0.6) is 5.75 Å². The molecule has 1 N–H and O–H groups in total. The van der Waals surface area contributed by atoms with Crippen LogP contribution in [0.4, 0.5) is 0 Å². The zero-order chi connectivity index (χ0) is 14.9. The lowest BCUT2D eigenvalue weighted by atomic mass is 10.0. The van der Waals surface area contributed by atoms with Crippen LogP contribution in [0.15, 0.2) is 24.3 Å². The minimum atomic E-state index is -1.25. The van der Waals surface area contributed by atoms with E-state index in [1.54, 1.807) is 6.92 Å². The molecule has 0 aliphatic carbocycles. The first-order valence-electron chi connectivity index (χ1n) is 6.67. The Morgan fingerprint density at radius 1 is 1.40 bits per heavy atom. The predicted octanol–water partition coefficient (Wildman–Crippen LogP) is 1.70. The van der Waals surface area contributed by atoms with Crippen LogP contribution in [-0.2, 0) is 16.0 Å². The highest BCUT2D eigenvalue weighted by molar-refractivity contribution is 5.89. The molecule has 0 fully saturated rings. The Hall–Kier alpha value is -2.04. The van der Waals surface area contributed by atoms with E-state index in [0.717, 1.165) is 5.56 Å². The van der Waals surface area contributed by atoms with Crippen molar-refractivity contribution in [3.63, 3.8) is 0 Å². The van der Waals surface area contributed by atoms with Gasteiger partial charge in [0.1, 0.15) is 11.3 Å². The number of amides is 1. The number of aliphatic carboxylic acids is 1. The lowest BCUT2D eigenvalue weighted by Crippen LogP contribution is -2.56. The third-order valence-electron chi connectivity index (χ3n) is 3.70. The molecule has 1 atom stereocenters. The molecule has 1 heterocycles. The van der Waals surface area contributed by atoms with Crippen LogP contribution >= 0.6 is 0 Å². The molecule has 0 saturated carbocycles. The van der Waals surface area contributed by atoms with Crippen LogP contribution in [-0.4, -0.2) is 40.1 Å². The molecule has 0 saturated heterocycles. The number of carboxylic acid groups (broad SMARTS) is 1. The number of benzene rings is 1. The Balaban J connectivity index is 2.18. The molecule has 0 radical (unpaired) electrons. The van der Waals surface area contributed by atoms with E-state index < -0.39 is 17.6 Å². The largest absolute Gasteiger partial charge is 0.480 e. The summed E-state index contributed by atoms with van der Waals surface area (Å²) in [6.45, 7) is 5.15. The zero-order valence-corrected chi connectivity index (χ0v) is 11.9. The quantitative estimate of drug-likeness (QED) is 0.909. The minimum Gasteiger partial charge on any atom is -0.480 e. The first kappa shape index (κ1) is 14.4. The summed E-state index contributed by atoms with van der Waals surface area (Å²) in [6.07, 6.45) is -0.146. The summed E-state index contributed by atoms with van der Waals surface area (Å²) < 4.78 is 5.64. The van der Waals surface area contributed by atoms with Crippen molar-refractivity contribution in [1.82, 2.24) is 4.90 Å². The number of likely N-dealkylation sites (N-methyl/N-ethyl adjacent to an activating group) is 1. The highest BCUT2D eigenvalue weighted by Gasteiger charge is 2.41. The monoisotopic (exact) mass is 277 g/mol. The van der Waals surface area contributed by atoms with E-state index in [1.807, 2.05) is 24.3 Å². The topological polar surface area (TPSA) is 66.8 Å². The summed E-state index contributed by atoms with van der Waals surface area (Å²) >= 11 is 0. The van der Waals surface area contributed by atoms with E-state index in [9.17, 15) is 14.7 Å². The molecule has 1 aromatic rings. The normalized spacial score (nSPS) is 17.2. The highest BCUT2D eigenvalue weighted by atomic mass is 16.5. The molecule has 1 aliphatic heterocycles. The van der Waals surface area contributed by atoms with Gasteiger partial charge in [-0.25, -0.2) is 4.79 Å². The fraction of sp³-hybridized carbons (Fsp3) is 0.467. The number of rotatable bonds is 4. The van der Waals surface area contributed by atoms with Crippen molar-refractivity contribution in [1.29, 1.82) is 0 Å². The minimum absolute atomic E-state index is 0.281. The van der Waals surface area contributed by atoms with E-state index in [4.69, 9.17) is 4.74 Å². The fourth-order valence-corrected chi connectivity index (χ4v) is 2.44. The second-order valence-corrected chi connectivity index (χ2v) is 5.37. The van der Waals surface area contributed by atoms with Crippen molar-refractivity contribution < 1.29 is 19.4 Å². The second-order valence-electron chi connectivity index (χ2n) is 5.37. The Labute approximate surface area is 118 Å². The van der Waals surface area contributed by atoms with Gasteiger partial charge >= 0.3 is 5.97 Å². The van der Waals surface area contributed by atoms with Gasteiger partial charge in [0.25, 0.3) is 5.91 Å². The van der Waals surface area contributed by atoms with Gasteiger partial charge in [-0.3, -0.25) is 4.79 Å². The lowest BCUT2D eigenvalue weighted by molar-refractivity contribution is -0.159. The Morgan fingerprint density at radius 3 is 2.60 bits per heavy atom. The van der Waals surface area contributed by atoms with Crippen molar-refractivity contribution in [3.05, 3.63) is 29.8 Å². The summed E-state index contributed by atoms with van der Waals surface area (Å²) in [5, 5.41) is 9.27. The molecule has 5 nitrogen and oxygen atoms in total. The summed E-state index contributed by atoms with van der Waals surface area (Å²) in [4.78, 5) is 25.2. The number of para-hydroxylation sites is 1. The van der Waals surface area contributed by atoms with Crippen molar-refractivity contribution in [2.45, 2.75) is 38.8 Å². The van der Waals surface area contributed by atoms with Gasteiger partial charge in [-0.2, -0.15) is 0 Å². The molecule has 0 spiro atoms. The number of carbonyl (C=O) groups is 2. The average molecular weight is 277 g/mol. The summed E-state index contributed by atoms with van der Waals surface area (Å²) in [7, 11) is 0. The summed E-state index contributed by atoms with van der Waals surface area (Å²) in [5.74, 6) is -0.602. The van der Waals surface area contributed by atoms with E-state index in [1.165, 1.54) is 18.7 Å². The van der Waals surface area contributed by atoms with E-state index in [2.05, 4.69) is 0 Å². The first-order valence-corrected chi connectivity index (χ1v) is 6.67. The van der Waals surface area contributed by atoms with Gasteiger partial charge in [-0.15, -0.1) is 0 Å². The highest BCUT2D eigenvalue weighted by Crippen LogP contribution is 2.30. The predicted molar refractivity (Wildman–Crippen MR) is 73.7 cm³/mol. The van der Waals surface area contributed by atoms with E-state index in [-0.39, 0.29) is 5.91 Å². The number of hydrogen-bond acceptors (Lipinski definition) is 3. The van der Waals surface area contributed by atoms with Gasteiger partial charge in [0, 0.05) is 13.0 Å². The number of carbonyl (C=O) groups excluding carboxylic acids is 1. The van der Waals surface area contributed by atoms with E-state index in [0.29, 0.717) is 18.7 Å². The van der Waals surface area contributed by atoms with Crippen molar-refractivity contribution in [2.75, 3.05) is 6.54 Å². The van der Waals surface area contributed by atoms with Gasteiger partial charge in [0.2, 0.25) is 0 Å². The van der Waals surface area contributed by atoms with Crippen LogP contribution in [0.25, 0.3) is 0 Å². The van der Waals surface area contributed by atoms with Gasteiger partial charge in [-0.1, -0.05) is 18.2 Å². The Bertz CT molecular complexity index is 513. The molecule has 5 heteroatoms. The van der Waals surface area contributed by atoms with Crippen molar-refractivity contribution >= 4 is 11.9 Å². The molecule has 1 unspecified atom stereocenters.